The number of hydrogen-bond donors (Lipinski definition) is 0. The smallest absolute Gasteiger partial charge is 0.311 e. The fraction of sp³-hybridized carbons (Fsp3) is 0.176. The SMILES string of the molecule is COC(=O)Cc1nc2ccccn2c1N=Nc1cc(OC)ccc1Cl. The molecule has 128 valence electrons. The van der Waals surface area contributed by atoms with E-state index in [1.54, 1.807) is 35.9 Å². The Balaban J connectivity index is 2.05. The molecule has 0 saturated carbocycles. The van der Waals surface area contributed by atoms with Gasteiger partial charge >= 0.3 is 5.97 Å². The highest BCUT2D eigenvalue weighted by molar-refractivity contribution is 6.33. The molecule has 0 aliphatic heterocycles. The lowest BCUT2D eigenvalue weighted by atomic mass is 10.3. The van der Waals surface area contributed by atoms with Crippen molar-refractivity contribution in [3.8, 4) is 5.75 Å². The normalized spacial score (nSPS) is 11.2. The molecule has 0 unspecified atom stereocenters. The number of methoxy groups -OCH3 is 2. The van der Waals surface area contributed by atoms with Crippen LogP contribution in [0, 0.1) is 0 Å². The number of carbonyl (C=O) groups is 1. The molecule has 0 N–H and O–H groups in total. The second-order valence-corrected chi connectivity index (χ2v) is 5.49. The lowest BCUT2D eigenvalue weighted by Gasteiger charge is -2.02. The Morgan fingerprint density at radius 2 is 2.08 bits per heavy atom. The molecule has 0 aliphatic rings. The summed E-state index contributed by atoms with van der Waals surface area (Å²) in [5.74, 6) is 0.658. The second kappa shape index (κ2) is 7.31. The van der Waals surface area contributed by atoms with Gasteiger partial charge in [-0.3, -0.25) is 9.20 Å². The van der Waals surface area contributed by atoms with Crippen molar-refractivity contribution in [1.82, 2.24) is 9.38 Å². The Hall–Kier alpha value is -2.93. The topological polar surface area (TPSA) is 77.5 Å². The largest absolute Gasteiger partial charge is 0.497 e. The van der Waals surface area contributed by atoms with Crippen molar-refractivity contribution in [1.29, 1.82) is 0 Å². The molecule has 3 rings (SSSR count). The minimum Gasteiger partial charge on any atom is -0.497 e. The molecule has 25 heavy (non-hydrogen) atoms. The van der Waals surface area contributed by atoms with E-state index in [0.29, 0.717) is 33.6 Å². The van der Waals surface area contributed by atoms with Crippen molar-refractivity contribution in [2.24, 2.45) is 10.2 Å². The van der Waals surface area contributed by atoms with E-state index < -0.39 is 5.97 Å². The van der Waals surface area contributed by atoms with Crippen molar-refractivity contribution in [3.05, 3.63) is 53.3 Å². The third-order valence-electron chi connectivity index (χ3n) is 3.52. The van der Waals surface area contributed by atoms with Crippen LogP contribution in [0.1, 0.15) is 5.69 Å². The first-order valence-electron chi connectivity index (χ1n) is 7.40. The van der Waals surface area contributed by atoms with Crippen molar-refractivity contribution >= 4 is 34.7 Å². The average molecular weight is 359 g/mol. The van der Waals surface area contributed by atoms with E-state index >= 15 is 0 Å². The van der Waals surface area contributed by atoms with Crippen LogP contribution in [0.4, 0.5) is 11.5 Å². The van der Waals surface area contributed by atoms with Gasteiger partial charge in [0.05, 0.1) is 31.4 Å². The Morgan fingerprint density at radius 3 is 2.84 bits per heavy atom. The van der Waals surface area contributed by atoms with Gasteiger partial charge in [0.15, 0.2) is 5.82 Å². The van der Waals surface area contributed by atoms with Crippen LogP contribution in [-0.4, -0.2) is 29.6 Å². The van der Waals surface area contributed by atoms with E-state index in [-0.39, 0.29) is 6.42 Å². The number of imidazole rings is 1. The molecule has 0 spiro atoms. The Labute approximate surface area is 148 Å². The quantitative estimate of drug-likeness (QED) is 0.507. The molecule has 3 aromatic rings. The standard InChI is InChI=1S/C17H15ClN4O3/c1-24-11-6-7-12(18)13(9-11)20-21-17-14(10-16(23)25-2)19-15-5-3-4-8-22(15)17/h3-9H,10H2,1-2H3. The summed E-state index contributed by atoms with van der Waals surface area (Å²) in [6, 6.07) is 10.6. The number of halogens is 1. The number of azo groups is 1. The highest BCUT2D eigenvalue weighted by Crippen LogP contribution is 2.31. The maximum absolute atomic E-state index is 11.6. The summed E-state index contributed by atoms with van der Waals surface area (Å²) in [6.07, 6.45) is 1.79. The molecular formula is C17H15ClN4O3. The maximum Gasteiger partial charge on any atom is 0.311 e. The number of hydrogen-bond acceptors (Lipinski definition) is 6. The van der Waals surface area contributed by atoms with Crippen molar-refractivity contribution < 1.29 is 14.3 Å². The van der Waals surface area contributed by atoms with E-state index in [0.717, 1.165) is 0 Å². The number of aromatic nitrogens is 2. The molecule has 0 bridgehead atoms. The Bertz CT molecular complexity index is 952. The van der Waals surface area contributed by atoms with E-state index in [9.17, 15) is 4.79 Å². The molecule has 2 aromatic heterocycles. The van der Waals surface area contributed by atoms with E-state index in [2.05, 4.69) is 15.2 Å². The molecule has 7 nitrogen and oxygen atoms in total. The molecule has 0 atom stereocenters. The number of pyridine rings is 1. The lowest BCUT2D eigenvalue weighted by Crippen LogP contribution is -2.04. The lowest BCUT2D eigenvalue weighted by molar-refractivity contribution is -0.139. The fourth-order valence-corrected chi connectivity index (χ4v) is 2.42. The summed E-state index contributed by atoms with van der Waals surface area (Å²) >= 11 is 6.15. The van der Waals surface area contributed by atoms with Crippen LogP contribution >= 0.6 is 11.6 Å². The Kier molecular flexibility index (Phi) is 4.95. The number of esters is 1. The van der Waals surface area contributed by atoms with Gasteiger partial charge in [0.2, 0.25) is 0 Å². The number of benzene rings is 1. The van der Waals surface area contributed by atoms with Gasteiger partial charge in [-0.25, -0.2) is 4.98 Å². The summed E-state index contributed by atoms with van der Waals surface area (Å²) in [6.45, 7) is 0. The van der Waals surface area contributed by atoms with E-state index in [1.807, 2.05) is 18.2 Å². The number of rotatable bonds is 5. The zero-order valence-electron chi connectivity index (χ0n) is 13.6. The Morgan fingerprint density at radius 1 is 1.24 bits per heavy atom. The third-order valence-corrected chi connectivity index (χ3v) is 3.84. The molecule has 0 radical (unpaired) electrons. The summed E-state index contributed by atoms with van der Waals surface area (Å²) in [4.78, 5) is 16.1. The molecule has 0 aliphatic carbocycles. The van der Waals surface area contributed by atoms with Crippen molar-refractivity contribution in [2.45, 2.75) is 6.42 Å². The van der Waals surface area contributed by atoms with E-state index in [4.69, 9.17) is 21.1 Å². The van der Waals surface area contributed by atoms with Crippen LogP contribution in [0.15, 0.2) is 52.8 Å². The predicted octanol–water partition coefficient (Wildman–Crippen LogP) is 4.13. The first kappa shape index (κ1) is 16.9. The fourth-order valence-electron chi connectivity index (χ4n) is 2.26. The second-order valence-electron chi connectivity index (χ2n) is 5.08. The highest BCUT2D eigenvalue weighted by atomic mass is 35.5. The highest BCUT2D eigenvalue weighted by Gasteiger charge is 2.15. The zero-order chi connectivity index (χ0) is 17.8. The summed E-state index contributed by atoms with van der Waals surface area (Å²) in [5.41, 5.74) is 1.59. The van der Waals surface area contributed by atoms with Gasteiger partial charge in [0, 0.05) is 12.3 Å². The minimum absolute atomic E-state index is 0.00161. The molecule has 0 fully saturated rings. The van der Waals surface area contributed by atoms with Crippen LogP contribution in [-0.2, 0) is 16.0 Å². The number of nitrogens with zero attached hydrogens (tertiary/aromatic N) is 4. The van der Waals surface area contributed by atoms with Crippen LogP contribution in [0.5, 0.6) is 5.75 Å². The van der Waals surface area contributed by atoms with Gasteiger partial charge in [-0.2, -0.15) is 0 Å². The summed E-state index contributed by atoms with van der Waals surface area (Å²) in [5, 5.41) is 8.90. The maximum atomic E-state index is 11.6. The average Bonchev–Trinajstić information content (AvgIpc) is 2.98. The molecule has 1 aromatic carbocycles. The predicted molar refractivity (Wildman–Crippen MR) is 93.1 cm³/mol. The van der Waals surface area contributed by atoms with Crippen LogP contribution in [0.2, 0.25) is 5.02 Å². The van der Waals surface area contributed by atoms with Crippen molar-refractivity contribution in [3.63, 3.8) is 0 Å². The van der Waals surface area contributed by atoms with Crippen LogP contribution in [0.3, 0.4) is 0 Å². The summed E-state index contributed by atoms with van der Waals surface area (Å²) < 4.78 is 11.6. The molecule has 0 saturated heterocycles. The van der Waals surface area contributed by atoms with Gasteiger partial charge in [-0.05, 0) is 24.3 Å². The van der Waals surface area contributed by atoms with Crippen LogP contribution in [0.25, 0.3) is 5.65 Å². The molecule has 2 heterocycles. The first-order valence-corrected chi connectivity index (χ1v) is 7.78. The van der Waals surface area contributed by atoms with Gasteiger partial charge in [0.1, 0.15) is 17.1 Å². The monoisotopic (exact) mass is 358 g/mol. The van der Waals surface area contributed by atoms with Crippen molar-refractivity contribution in [2.75, 3.05) is 14.2 Å². The van der Waals surface area contributed by atoms with Gasteiger partial charge < -0.3 is 9.47 Å². The third kappa shape index (κ3) is 3.61. The number of fused-ring (bicyclic) bond motifs is 1. The molecule has 8 heteroatoms. The minimum atomic E-state index is -0.403. The number of carbonyl (C=O) groups excluding carboxylic acids is 1. The zero-order valence-corrected chi connectivity index (χ0v) is 14.4. The molecular weight excluding hydrogens is 344 g/mol. The number of ether oxygens (including phenoxy) is 2. The van der Waals surface area contributed by atoms with Gasteiger partial charge in [0.25, 0.3) is 0 Å². The first-order chi connectivity index (χ1) is 12.1. The summed E-state index contributed by atoms with van der Waals surface area (Å²) in [7, 11) is 2.89. The van der Waals surface area contributed by atoms with Gasteiger partial charge in [-0.15, -0.1) is 10.2 Å². The van der Waals surface area contributed by atoms with Crippen LogP contribution < -0.4 is 4.74 Å². The van der Waals surface area contributed by atoms with Gasteiger partial charge in [-0.1, -0.05) is 17.7 Å². The van der Waals surface area contributed by atoms with E-state index in [1.165, 1.54) is 7.11 Å². The molecule has 0 amide bonds.